The molecule has 1 aromatic heterocycles. The summed E-state index contributed by atoms with van der Waals surface area (Å²) < 4.78 is 27.3. The van der Waals surface area contributed by atoms with E-state index in [4.69, 9.17) is 11.6 Å². The molecule has 0 aromatic carbocycles. The molecule has 2 rings (SSSR count). The van der Waals surface area contributed by atoms with E-state index in [0.29, 0.717) is 15.1 Å². The van der Waals surface area contributed by atoms with Crippen LogP contribution in [0.2, 0.25) is 4.34 Å². The van der Waals surface area contributed by atoms with E-state index in [1.807, 2.05) is 6.92 Å². The van der Waals surface area contributed by atoms with Crippen LogP contribution in [0, 0.1) is 0 Å². The first-order valence-electron chi connectivity index (χ1n) is 5.53. The normalized spacial score (nSPS) is 17.4. The van der Waals surface area contributed by atoms with Crippen molar-refractivity contribution in [2.24, 2.45) is 0 Å². The first-order chi connectivity index (χ1) is 8.05. The third-order valence-corrected chi connectivity index (χ3v) is 6.37. The van der Waals surface area contributed by atoms with E-state index in [1.165, 1.54) is 0 Å². The standard InChI is InChI=1S/C10H15ClN2O2S2/c1-2-5-13(8-6-12-7-8)17(14,15)10-4-3-9(11)16-10/h3-4,8,12H,2,5-7H2,1H3. The first kappa shape index (κ1) is 13.3. The molecule has 0 atom stereocenters. The van der Waals surface area contributed by atoms with Crippen molar-refractivity contribution < 1.29 is 8.42 Å². The molecular weight excluding hydrogens is 280 g/mol. The quantitative estimate of drug-likeness (QED) is 0.900. The summed E-state index contributed by atoms with van der Waals surface area (Å²) in [5, 5.41) is 3.10. The summed E-state index contributed by atoms with van der Waals surface area (Å²) in [5.74, 6) is 0. The molecule has 0 unspecified atom stereocenters. The Kier molecular flexibility index (Phi) is 4.10. The predicted molar refractivity (Wildman–Crippen MR) is 70.2 cm³/mol. The van der Waals surface area contributed by atoms with Crippen molar-refractivity contribution in [3.8, 4) is 0 Å². The van der Waals surface area contributed by atoms with Crippen LogP contribution in [0.5, 0.6) is 0 Å². The third kappa shape index (κ3) is 2.66. The van der Waals surface area contributed by atoms with E-state index in [-0.39, 0.29) is 6.04 Å². The Morgan fingerprint density at radius 3 is 2.65 bits per heavy atom. The molecule has 7 heteroatoms. The van der Waals surface area contributed by atoms with Crippen LogP contribution in [-0.4, -0.2) is 38.4 Å². The maximum atomic E-state index is 12.4. The Bertz CT molecular complexity index is 482. The summed E-state index contributed by atoms with van der Waals surface area (Å²) in [5.41, 5.74) is 0. The number of nitrogens with zero attached hydrogens (tertiary/aromatic N) is 1. The summed E-state index contributed by atoms with van der Waals surface area (Å²) in [6.07, 6.45) is 0.814. The van der Waals surface area contributed by atoms with Gasteiger partial charge in [-0.05, 0) is 18.6 Å². The lowest BCUT2D eigenvalue weighted by molar-refractivity contribution is 0.242. The summed E-state index contributed by atoms with van der Waals surface area (Å²) in [4.78, 5) is 0. The van der Waals surface area contributed by atoms with E-state index in [9.17, 15) is 8.42 Å². The molecule has 1 fully saturated rings. The average Bonchev–Trinajstić information content (AvgIpc) is 2.62. The Morgan fingerprint density at radius 2 is 2.24 bits per heavy atom. The number of sulfonamides is 1. The minimum Gasteiger partial charge on any atom is -0.313 e. The smallest absolute Gasteiger partial charge is 0.252 e. The lowest BCUT2D eigenvalue weighted by Gasteiger charge is -2.36. The van der Waals surface area contributed by atoms with Crippen LogP contribution in [0.4, 0.5) is 0 Å². The van der Waals surface area contributed by atoms with E-state index in [2.05, 4.69) is 5.32 Å². The molecule has 0 spiro atoms. The Hall–Kier alpha value is -0.140. The molecule has 4 nitrogen and oxygen atoms in total. The van der Waals surface area contributed by atoms with Crippen LogP contribution in [0.3, 0.4) is 0 Å². The number of halogens is 1. The molecule has 1 aromatic rings. The van der Waals surface area contributed by atoms with Crippen molar-refractivity contribution in [1.29, 1.82) is 0 Å². The minimum atomic E-state index is -3.38. The molecule has 2 heterocycles. The molecule has 0 aliphatic carbocycles. The van der Waals surface area contributed by atoms with Gasteiger partial charge in [-0.15, -0.1) is 11.3 Å². The lowest BCUT2D eigenvalue weighted by Crippen LogP contribution is -2.58. The molecule has 0 bridgehead atoms. The SMILES string of the molecule is CCCN(C1CNC1)S(=O)(=O)c1ccc(Cl)s1. The number of nitrogens with one attached hydrogen (secondary N) is 1. The fourth-order valence-electron chi connectivity index (χ4n) is 1.75. The van der Waals surface area contributed by atoms with Crippen LogP contribution in [-0.2, 0) is 10.0 Å². The second-order valence-electron chi connectivity index (χ2n) is 3.99. The fourth-order valence-corrected chi connectivity index (χ4v) is 5.08. The Labute approximate surface area is 111 Å². The van der Waals surface area contributed by atoms with Gasteiger partial charge in [-0.3, -0.25) is 0 Å². The van der Waals surface area contributed by atoms with E-state index in [1.54, 1.807) is 16.4 Å². The molecule has 0 radical (unpaired) electrons. The number of hydrogen-bond acceptors (Lipinski definition) is 4. The van der Waals surface area contributed by atoms with Crippen molar-refractivity contribution in [3.05, 3.63) is 16.5 Å². The third-order valence-electron chi connectivity index (χ3n) is 2.72. The van der Waals surface area contributed by atoms with Gasteiger partial charge in [-0.25, -0.2) is 8.42 Å². The van der Waals surface area contributed by atoms with Crippen molar-refractivity contribution in [3.63, 3.8) is 0 Å². The monoisotopic (exact) mass is 294 g/mol. The molecule has 1 N–H and O–H groups in total. The molecule has 17 heavy (non-hydrogen) atoms. The molecule has 1 saturated heterocycles. The summed E-state index contributed by atoms with van der Waals surface area (Å²) in [7, 11) is -3.38. The van der Waals surface area contributed by atoms with Gasteiger partial charge in [-0.1, -0.05) is 18.5 Å². The molecule has 0 saturated carbocycles. The first-order valence-corrected chi connectivity index (χ1v) is 8.17. The topological polar surface area (TPSA) is 49.4 Å². The molecular formula is C10H15ClN2O2S2. The van der Waals surface area contributed by atoms with E-state index < -0.39 is 10.0 Å². The number of hydrogen-bond donors (Lipinski definition) is 1. The fraction of sp³-hybridized carbons (Fsp3) is 0.600. The number of thiophene rings is 1. The molecule has 96 valence electrons. The summed E-state index contributed by atoms with van der Waals surface area (Å²) in [6, 6.07) is 3.29. The van der Waals surface area contributed by atoms with Crippen molar-refractivity contribution in [1.82, 2.24) is 9.62 Å². The zero-order valence-electron chi connectivity index (χ0n) is 9.52. The average molecular weight is 295 g/mol. The Morgan fingerprint density at radius 1 is 1.53 bits per heavy atom. The lowest BCUT2D eigenvalue weighted by atomic mass is 10.2. The van der Waals surface area contributed by atoms with Crippen LogP contribution >= 0.6 is 22.9 Å². The van der Waals surface area contributed by atoms with Crippen LogP contribution < -0.4 is 5.32 Å². The van der Waals surface area contributed by atoms with Gasteiger partial charge in [0.25, 0.3) is 10.0 Å². The highest BCUT2D eigenvalue weighted by Gasteiger charge is 2.34. The van der Waals surface area contributed by atoms with Gasteiger partial charge < -0.3 is 5.32 Å². The van der Waals surface area contributed by atoms with Gasteiger partial charge in [0.15, 0.2) is 0 Å². The van der Waals surface area contributed by atoms with Gasteiger partial charge in [-0.2, -0.15) is 4.31 Å². The Balaban J connectivity index is 2.27. The maximum absolute atomic E-state index is 12.4. The highest BCUT2D eigenvalue weighted by atomic mass is 35.5. The minimum absolute atomic E-state index is 0.0841. The summed E-state index contributed by atoms with van der Waals surface area (Å²) >= 11 is 6.92. The molecule has 1 aliphatic rings. The van der Waals surface area contributed by atoms with Crippen molar-refractivity contribution in [2.45, 2.75) is 23.6 Å². The largest absolute Gasteiger partial charge is 0.313 e. The zero-order chi connectivity index (χ0) is 12.5. The highest BCUT2D eigenvalue weighted by molar-refractivity contribution is 7.91. The van der Waals surface area contributed by atoms with E-state index >= 15 is 0 Å². The van der Waals surface area contributed by atoms with Crippen LogP contribution in [0.1, 0.15) is 13.3 Å². The zero-order valence-corrected chi connectivity index (χ0v) is 11.9. The van der Waals surface area contributed by atoms with Gasteiger partial charge in [0.05, 0.1) is 10.4 Å². The van der Waals surface area contributed by atoms with Gasteiger partial charge >= 0.3 is 0 Å². The van der Waals surface area contributed by atoms with Crippen LogP contribution in [0.15, 0.2) is 16.3 Å². The molecule has 0 amide bonds. The highest BCUT2D eigenvalue weighted by Crippen LogP contribution is 2.29. The van der Waals surface area contributed by atoms with E-state index in [0.717, 1.165) is 30.8 Å². The van der Waals surface area contributed by atoms with Crippen LogP contribution in [0.25, 0.3) is 0 Å². The van der Waals surface area contributed by atoms with Crippen molar-refractivity contribution in [2.75, 3.05) is 19.6 Å². The second kappa shape index (κ2) is 5.24. The predicted octanol–water partition coefficient (Wildman–Crippen LogP) is 1.77. The number of rotatable bonds is 5. The summed E-state index contributed by atoms with van der Waals surface area (Å²) in [6.45, 7) is 4.01. The maximum Gasteiger partial charge on any atom is 0.252 e. The second-order valence-corrected chi connectivity index (χ2v) is 7.82. The van der Waals surface area contributed by atoms with Gasteiger partial charge in [0.2, 0.25) is 0 Å². The van der Waals surface area contributed by atoms with Gasteiger partial charge in [0, 0.05) is 19.6 Å². The van der Waals surface area contributed by atoms with Crippen molar-refractivity contribution >= 4 is 33.0 Å². The van der Waals surface area contributed by atoms with Gasteiger partial charge in [0.1, 0.15) is 4.21 Å². The molecule has 1 aliphatic heterocycles.